The second-order valence-electron chi connectivity index (χ2n) is 5.42. The highest BCUT2D eigenvalue weighted by atomic mass is 19.4. The minimum Gasteiger partial charge on any atom is -0.502 e. The average molecular weight is 316 g/mol. The lowest BCUT2D eigenvalue weighted by Gasteiger charge is -2.37. The normalized spacial score (nSPS) is 29.5. The van der Waals surface area contributed by atoms with Crippen LogP contribution in [0.4, 0.5) is 26.3 Å². The van der Waals surface area contributed by atoms with Gasteiger partial charge in [0.05, 0.1) is 12.9 Å². The Hall–Kier alpha value is -1.18. The fraction of sp³-hybridized carbons (Fsp3) is 0.692. The van der Waals surface area contributed by atoms with Gasteiger partial charge in [-0.2, -0.15) is 26.3 Å². The molecule has 0 aromatic rings. The van der Waals surface area contributed by atoms with Crippen LogP contribution in [0, 0.1) is 17.8 Å². The molecule has 2 bridgehead atoms. The summed E-state index contributed by atoms with van der Waals surface area (Å²) in [6.07, 6.45) is -9.18. The Kier molecular flexibility index (Phi) is 3.80. The van der Waals surface area contributed by atoms with E-state index >= 15 is 0 Å². The number of allylic oxidation sites excluding steroid dienone is 1. The van der Waals surface area contributed by atoms with Gasteiger partial charge in [0.1, 0.15) is 0 Å². The maximum Gasteiger partial charge on any atom is 0.430 e. The molecule has 2 rings (SSSR count). The minimum atomic E-state index is -5.80. The molecule has 0 aliphatic heterocycles. The van der Waals surface area contributed by atoms with Gasteiger partial charge in [-0.3, -0.25) is 0 Å². The fourth-order valence-electron chi connectivity index (χ4n) is 3.27. The Bertz CT molecular complexity index is 437. The number of hydrogen-bond acceptors (Lipinski definition) is 2. The SMILES string of the molecule is C=COCC1CC2CC1C=C2C(O)(C(F)(F)F)C(F)(F)F. The Morgan fingerprint density at radius 3 is 2.14 bits per heavy atom. The number of ether oxygens (including phenoxy) is 1. The van der Waals surface area contributed by atoms with Crippen LogP contribution in [0.3, 0.4) is 0 Å². The molecule has 3 unspecified atom stereocenters. The van der Waals surface area contributed by atoms with Crippen LogP contribution in [0.5, 0.6) is 0 Å². The lowest BCUT2D eigenvalue weighted by molar-refractivity contribution is -0.354. The molecular formula is C13H14F6O2. The standard InChI is InChI=1S/C13H14F6O2/c1-2-21-6-9-4-8-3-7(9)5-10(8)11(20,12(14,15)16)13(17,18)19/h2,5,7-9,20H,1,3-4,6H2. The largest absolute Gasteiger partial charge is 0.502 e. The summed E-state index contributed by atoms with van der Waals surface area (Å²) < 4.78 is 81.9. The maximum absolute atomic E-state index is 12.8. The number of aliphatic hydroxyl groups is 1. The number of hydrogen-bond donors (Lipinski definition) is 1. The van der Waals surface area contributed by atoms with Crippen molar-refractivity contribution in [3.8, 4) is 0 Å². The van der Waals surface area contributed by atoms with E-state index in [0.29, 0.717) is 0 Å². The second kappa shape index (κ2) is 4.93. The topological polar surface area (TPSA) is 29.5 Å². The van der Waals surface area contributed by atoms with Crippen LogP contribution in [0.15, 0.2) is 24.5 Å². The van der Waals surface area contributed by atoms with Gasteiger partial charge in [0, 0.05) is 0 Å². The molecule has 0 radical (unpaired) electrons. The molecule has 1 saturated carbocycles. The van der Waals surface area contributed by atoms with E-state index in [1.165, 1.54) is 6.26 Å². The van der Waals surface area contributed by atoms with E-state index in [9.17, 15) is 31.4 Å². The summed E-state index contributed by atoms with van der Waals surface area (Å²) in [6.45, 7) is 3.53. The molecule has 2 nitrogen and oxygen atoms in total. The van der Waals surface area contributed by atoms with Crippen molar-refractivity contribution in [2.45, 2.75) is 30.8 Å². The fourth-order valence-corrected chi connectivity index (χ4v) is 3.27. The van der Waals surface area contributed by atoms with E-state index in [2.05, 4.69) is 6.58 Å². The van der Waals surface area contributed by atoms with Crippen molar-refractivity contribution in [2.75, 3.05) is 6.61 Å². The van der Waals surface area contributed by atoms with Crippen LogP contribution in [0.25, 0.3) is 0 Å². The summed E-state index contributed by atoms with van der Waals surface area (Å²) >= 11 is 0. The molecule has 3 atom stereocenters. The van der Waals surface area contributed by atoms with Crippen molar-refractivity contribution in [1.29, 1.82) is 0 Å². The molecule has 1 N–H and O–H groups in total. The molecule has 0 saturated heterocycles. The van der Waals surface area contributed by atoms with E-state index in [1.807, 2.05) is 0 Å². The van der Waals surface area contributed by atoms with E-state index in [1.54, 1.807) is 0 Å². The molecule has 0 amide bonds. The first-order valence-corrected chi connectivity index (χ1v) is 6.33. The zero-order chi connectivity index (χ0) is 16.1. The molecule has 1 fully saturated rings. The molecule has 8 heteroatoms. The summed E-state index contributed by atoms with van der Waals surface area (Å²) in [7, 11) is 0. The van der Waals surface area contributed by atoms with Gasteiger partial charge in [0.2, 0.25) is 0 Å². The highest BCUT2D eigenvalue weighted by molar-refractivity contribution is 5.33. The molecule has 0 heterocycles. The molecular weight excluding hydrogens is 302 g/mol. The van der Waals surface area contributed by atoms with Crippen molar-refractivity contribution in [1.82, 2.24) is 0 Å². The summed E-state index contributed by atoms with van der Waals surface area (Å²) in [5.41, 5.74) is -5.73. The zero-order valence-electron chi connectivity index (χ0n) is 10.8. The number of alkyl halides is 6. The number of fused-ring (bicyclic) bond motifs is 2. The van der Waals surface area contributed by atoms with Crippen molar-refractivity contribution < 1.29 is 36.2 Å². The van der Waals surface area contributed by atoms with E-state index in [0.717, 1.165) is 6.08 Å². The summed E-state index contributed by atoms with van der Waals surface area (Å²) in [5.74, 6) is -1.52. The quantitative estimate of drug-likeness (QED) is 0.488. The van der Waals surface area contributed by atoms with Crippen molar-refractivity contribution in [2.24, 2.45) is 17.8 Å². The first kappa shape index (κ1) is 16.2. The van der Waals surface area contributed by atoms with E-state index in [4.69, 9.17) is 4.74 Å². The predicted molar refractivity (Wildman–Crippen MR) is 61.0 cm³/mol. The maximum atomic E-state index is 12.8. The monoisotopic (exact) mass is 316 g/mol. The minimum absolute atomic E-state index is 0.138. The molecule has 0 aromatic carbocycles. The average Bonchev–Trinajstić information content (AvgIpc) is 2.91. The predicted octanol–water partition coefficient (Wildman–Crippen LogP) is 3.58. The molecule has 2 aliphatic carbocycles. The Morgan fingerprint density at radius 1 is 1.19 bits per heavy atom. The van der Waals surface area contributed by atoms with Crippen LogP contribution in [0.2, 0.25) is 0 Å². The number of halogens is 6. The lowest BCUT2D eigenvalue weighted by atomic mass is 9.80. The summed E-state index contributed by atoms with van der Waals surface area (Å²) in [4.78, 5) is 0. The van der Waals surface area contributed by atoms with Crippen molar-refractivity contribution in [3.05, 3.63) is 24.5 Å². The van der Waals surface area contributed by atoms with Gasteiger partial charge >= 0.3 is 12.4 Å². The third-order valence-electron chi connectivity index (χ3n) is 4.25. The van der Waals surface area contributed by atoms with Crippen LogP contribution < -0.4 is 0 Å². The smallest absolute Gasteiger partial charge is 0.430 e. The molecule has 2 aliphatic rings. The molecule has 0 spiro atoms. The van der Waals surface area contributed by atoms with Crippen LogP contribution in [-0.4, -0.2) is 29.7 Å². The molecule has 0 aromatic heterocycles. The Balaban J connectivity index is 2.30. The molecule has 21 heavy (non-hydrogen) atoms. The van der Waals surface area contributed by atoms with Gasteiger partial charge in [0.25, 0.3) is 5.60 Å². The van der Waals surface area contributed by atoms with Gasteiger partial charge in [0.15, 0.2) is 0 Å². The first-order chi connectivity index (χ1) is 9.52. The van der Waals surface area contributed by atoms with Gasteiger partial charge in [-0.15, -0.1) is 0 Å². The van der Waals surface area contributed by atoms with Crippen LogP contribution in [-0.2, 0) is 4.74 Å². The second-order valence-corrected chi connectivity index (χ2v) is 5.42. The molecule has 120 valence electrons. The van der Waals surface area contributed by atoms with Gasteiger partial charge in [-0.25, -0.2) is 0 Å². The van der Waals surface area contributed by atoms with E-state index in [-0.39, 0.29) is 25.4 Å². The zero-order valence-corrected chi connectivity index (χ0v) is 10.8. The third-order valence-corrected chi connectivity index (χ3v) is 4.25. The Morgan fingerprint density at radius 2 is 1.76 bits per heavy atom. The lowest BCUT2D eigenvalue weighted by Crippen LogP contribution is -2.59. The van der Waals surface area contributed by atoms with Crippen LogP contribution in [0.1, 0.15) is 12.8 Å². The number of rotatable bonds is 4. The van der Waals surface area contributed by atoms with Crippen molar-refractivity contribution >= 4 is 0 Å². The van der Waals surface area contributed by atoms with Gasteiger partial charge in [-0.05, 0) is 36.2 Å². The highest BCUT2D eigenvalue weighted by Gasteiger charge is 2.74. The van der Waals surface area contributed by atoms with E-state index < -0.39 is 35.4 Å². The summed E-state index contributed by atoms with van der Waals surface area (Å²) in [6, 6.07) is 0. The van der Waals surface area contributed by atoms with Gasteiger partial charge in [-0.1, -0.05) is 12.7 Å². The summed E-state index contributed by atoms with van der Waals surface area (Å²) in [5, 5.41) is 9.40. The van der Waals surface area contributed by atoms with Gasteiger partial charge < -0.3 is 9.84 Å². The Labute approximate surface area is 117 Å². The third kappa shape index (κ3) is 2.43. The van der Waals surface area contributed by atoms with Crippen LogP contribution >= 0.6 is 0 Å². The van der Waals surface area contributed by atoms with Crippen molar-refractivity contribution in [3.63, 3.8) is 0 Å². The first-order valence-electron chi connectivity index (χ1n) is 6.33. The highest BCUT2D eigenvalue weighted by Crippen LogP contribution is 2.58.